The Kier molecular flexibility index (Phi) is 4.88. The molecular formula is C15H15N3OS. The van der Waals surface area contributed by atoms with Crippen LogP contribution in [-0.4, -0.2) is 17.4 Å². The lowest BCUT2D eigenvalue weighted by Gasteiger charge is -2.13. The van der Waals surface area contributed by atoms with Crippen molar-refractivity contribution in [3.05, 3.63) is 52.0 Å². The second kappa shape index (κ2) is 6.85. The molecule has 0 fully saturated rings. The fourth-order valence-electron chi connectivity index (χ4n) is 1.67. The number of hydrogen-bond donors (Lipinski definition) is 2. The predicted molar refractivity (Wildman–Crippen MR) is 80.4 cm³/mol. The van der Waals surface area contributed by atoms with Gasteiger partial charge in [0.15, 0.2) is 0 Å². The summed E-state index contributed by atoms with van der Waals surface area (Å²) in [4.78, 5) is 17.6. The lowest BCUT2D eigenvalue weighted by Crippen LogP contribution is -2.25. The van der Waals surface area contributed by atoms with E-state index in [1.54, 1.807) is 18.5 Å². The third kappa shape index (κ3) is 3.67. The molecule has 20 heavy (non-hydrogen) atoms. The van der Waals surface area contributed by atoms with Gasteiger partial charge in [-0.2, -0.15) is 0 Å². The zero-order valence-electron chi connectivity index (χ0n) is 11.1. The predicted octanol–water partition coefficient (Wildman–Crippen LogP) is 1.94. The van der Waals surface area contributed by atoms with Crippen LogP contribution in [0.25, 0.3) is 0 Å². The highest BCUT2D eigenvalue weighted by Crippen LogP contribution is 2.17. The van der Waals surface area contributed by atoms with Crippen LogP contribution < -0.4 is 11.1 Å². The molecule has 0 aromatic carbocycles. The van der Waals surface area contributed by atoms with Gasteiger partial charge in [-0.1, -0.05) is 11.8 Å². The lowest BCUT2D eigenvalue weighted by atomic mass is 10.1. The maximum absolute atomic E-state index is 12.1. The van der Waals surface area contributed by atoms with E-state index in [1.165, 1.54) is 11.3 Å². The van der Waals surface area contributed by atoms with E-state index in [4.69, 9.17) is 5.73 Å². The smallest absolute Gasteiger partial charge is 0.261 e. The lowest BCUT2D eigenvalue weighted by molar-refractivity contribution is 0.0944. The molecule has 0 aliphatic carbocycles. The Morgan fingerprint density at radius 3 is 2.85 bits per heavy atom. The third-order valence-corrected chi connectivity index (χ3v) is 3.70. The van der Waals surface area contributed by atoms with Crippen molar-refractivity contribution in [2.24, 2.45) is 5.73 Å². The van der Waals surface area contributed by atoms with E-state index in [-0.39, 0.29) is 11.9 Å². The molecule has 2 aromatic rings. The maximum Gasteiger partial charge on any atom is 0.261 e. The summed E-state index contributed by atoms with van der Waals surface area (Å²) >= 11 is 1.36. The number of thiophene rings is 1. The Bertz CT molecular complexity index is 640. The standard InChI is InChI=1S/C15H15N3OS/c1-11(12-6-9-17-10-7-12)18-15(19)14-5-4-13(20-14)3-2-8-16/h4-7,9-11H,8,16H2,1H3,(H,18,19). The van der Waals surface area contributed by atoms with Crippen LogP contribution in [0.2, 0.25) is 0 Å². The average Bonchev–Trinajstić information content (AvgIpc) is 2.95. The van der Waals surface area contributed by atoms with Crippen molar-refractivity contribution in [3.63, 3.8) is 0 Å². The quantitative estimate of drug-likeness (QED) is 0.847. The highest BCUT2D eigenvalue weighted by molar-refractivity contribution is 7.14. The minimum absolute atomic E-state index is 0.0637. The van der Waals surface area contributed by atoms with Gasteiger partial charge in [0.05, 0.1) is 22.3 Å². The van der Waals surface area contributed by atoms with Crippen LogP contribution >= 0.6 is 11.3 Å². The number of aromatic nitrogens is 1. The second-order valence-electron chi connectivity index (χ2n) is 4.15. The Hall–Kier alpha value is -2.16. The third-order valence-electron chi connectivity index (χ3n) is 2.70. The molecule has 0 aliphatic rings. The summed E-state index contributed by atoms with van der Waals surface area (Å²) in [6, 6.07) is 7.32. The van der Waals surface area contributed by atoms with Crippen molar-refractivity contribution >= 4 is 17.2 Å². The molecule has 0 aliphatic heterocycles. The minimum atomic E-state index is -0.0971. The zero-order valence-corrected chi connectivity index (χ0v) is 11.9. The molecule has 1 atom stereocenters. The van der Waals surface area contributed by atoms with E-state index in [0.717, 1.165) is 10.4 Å². The van der Waals surface area contributed by atoms with E-state index in [1.807, 2.05) is 25.1 Å². The summed E-state index contributed by atoms with van der Waals surface area (Å²) in [5, 5.41) is 2.95. The minimum Gasteiger partial charge on any atom is -0.345 e. The molecule has 2 aromatic heterocycles. The zero-order chi connectivity index (χ0) is 14.4. The normalized spacial score (nSPS) is 11.3. The summed E-state index contributed by atoms with van der Waals surface area (Å²) in [6.07, 6.45) is 3.42. The van der Waals surface area contributed by atoms with Crippen LogP contribution in [0.3, 0.4) is 0 Å². The Balaban J connectivity index is 2.03. The number of carbonyl (C=O) groups excluding carboxylic acids is 1. The van der Waals surface area contributed by atoms with Gasteiger partial charge in [-0.15, -0.1) is 11.3 Å². The SMILES string of the molecule is CC(NC(=O)c1ccc(C#CCN)s1)c1ccncc1. The number of pyridine rings is 1. The van der Waals surface area contributed by atoms with E-state index in [0.29, 0.717) is 11.4 Å². The van der Waals surface area contributed by atoms with Crippen molar-refractivity contribution in [2.75, 3.05) is 6.54 Å². The molecule has 3 N–H and O–H groups in total. The summed E-state index contributed by atoms with van der Waals surface area (Å²) in [5.74, 6) is 5.60. The van der Waals surface area contributed by atoms with Crippen LogP contribution in [0.1, 0.15) is 33.1 Å². The largest absolute Gasteiger partial charge is 0.345 e. The molecule has 0 bridgehead atoms. The van der Waals surface area contributed by atoms with Gasteiger partial charge in [0.1, 0.15) is 0 Å². The molecule has 2 heterocycles. The van der Waals surface area contributed by atoms with E-state index < -0.39 is 0 Å². The Morgan fingerprint density at radius 1 is 1.40 bits per heavy atom. The van der Waals surface area contributed by atoms with Crippen molar-refractivity contribution in [1.29, 1.82) is 0 Å². The number of hydrogen-bond acceptors (Lipinski definition) is 4. The number of carbonyl (C=O) groups is 1. The number of amides is 1. The average molecular weight is 285 g/mol. The van der Waals surface area contributed by atoms with E-state index >= 15 is 0 Å². The molecule has 1 amide bonds. The fraction of sp³-hybridized carbons (Fsp3) is 0.200. The van der Waals surface area contributed by atoms with Crippen LogP contribution in [0.15, 0.2) is 36.7 Å². The molecule has 0 radical (unpaired) electrons. The maximum atomic E-state index is 12.1. The molecule has 5 heteroatoms. The summed E-state index contributed by atoms with van der Waals surface area (Å²) < 4.78 is 0. The monoisotopic (exact) mass is 285 g/mol. The van der Waals surface area contributed by atoms with Gasteiger partial charge in [0.25, 0.3) is 5.91 Å². The second-order valence-corrected chi connectivity index (χ2v) is 5.23. The van der Waals surface area contributed by atoms with Gasteiger partial charge < -0.3 is 11.1 Å². The van der Waals surface area contributed by atoms with Gasteiger partial charge in [0, 0.05) is 12.4 Å². The topological polar surface area (TPSA) is 68.0 Å². The summed E-state index contributed by atoms with van der Waals surface area (Å²) in [7, 11) is 0. The highest BCUT2D eigenvalue weighted by Gasteiger charge is 2.12. The Morgan fingerprint density at radius 2 is 2.15 bits per heavy atom. The fourth-order valence-corrected chi connectivity index (χ4v) is 2.45. The number of nitrogens with one attached hydrogen (secondary N) is 1. The first kappa shape index (κ1) is 14.3. The Labute approximate surface area is 122 Å². The van der Waals surface area contributed by atoms with Gasteiger partial charge in [-0.3, -0.25) is 9.78 Å². The van der Waals surface area contributed by atoms with Gasteiger partial charge >= 0.3 is 0 Å². The molecule has 0 saturated carbocycles. The molecule has 1 unspecified atom stereocenters. The molecular weight excluding hydrogens is 270 g/mol. The number of rotatable bonds is 3. The van der Waals surface area contributed by atoms with Crippen molar-refractivity contribution in [2.45, 2.75) is 13.0 Å². The van der Waals surface area contributed by atoms with Crippen molar-refractivity contribution in [1.82, 2.24) is 10.3 Å². The molecule has 0 spiro atoms. The highest BCUT2D eigenvalue weighted by atomic mass is 32.1. The van der Waals surface area contributed by atoms with Crippen LogP contribution in [0.5, 0.6) is 0 Å². The number of nitrogens with zero attached hydrogens (tertiary/aromatic N) is 1. The first-order valence-corrected chi connectivity index (χ1v) is 7.02. The van der Waals surface area contributed by atoms with Gasteiger partial charge in [-0.25, -0.2) is 0 Å². The van der Waals surface area contributed by atoms with E-state index in [2.05, 4.69) is 22.1 Å². The van der Waals surface area contributed by atoms with E-state index in [9.17, 15) is 4.79 Å². The van der Waals surface area contributed by atoms with Crippen molar-refractivity contribution < 1.29 is 4.79 Å². The van der Waals surface area contributed by atoms with Gasteiger partial charge in [-0.05, 0) is 36.8 Å². The summed E-state index contributed by atoms with van der Waals surface area (Å²) in [6.45, 7) is 2.26. The number of nitrogens with two attached hydrogens (primary N) is 1. The molecule has 0 saturated heterocycles. The summed E-state index contributed by atoms with van der Waals surface area (Å²) in [5.41, 5.74) is 6.34. The van der Waals surface area contributed by atoms with Crippen LogP contribution in [-0.2, 0) is 0 Å². The van der Waals surface area contributed by atoms with Crippen LogP contribution in [0.4, 0.5) is 0 Å². The molecule has 2 rings (SSSR count). The van der Waals surface area contributed by atoms with Crippen LogP contribution in [0, 0.1) is 11.8 Å². The first-order valence-electron chi connectivity index (χ1n) is 6.20. The molecule has 102 valence electrons. The van der Waals surface area contributed by atoms with Gasteiger partial charge in [0.2, 0.25) is 0 Å². The first-order chi connectivity index (χ1) is 9.70. The molecule has 4 nitrogen and oxygen atoms in total. The van der Waals surface area contributed by atoms with Crippen molar-refractivity contribution in [3.8, 4) is 11.8 Å².